The topological polar surface area (TPSA) is 69.7 Å². The van der Waals surface area contributed by atoms with Gasteiger partial charge in [0.15, 0.2) is 0 Å². The van der Waals surface area contributed by atoms with Crippen molar-refractivity contribution in [1.29, 1.82) is 0 Å². The lowest BCUT2D eigenvalue weighted by Gasteiger charge is -2.36. The number of aryl methyl sites for hydroxylation is 2. The first-order valence-electron chi connectivity index (χ1n) is 9.88. The van der Waals surface area contributed by atoms with E-state index >= 15 is 0 Å². The molecule has 0 unspecified atom stereocenters. The van der Waals surface area contributed by atoms with Crippen molar-refractivity contribution in [1.82, 2.24) is 9.62 Å². The summed E-state index contributed by atoms with van der Waals surface area (Å²) >= 11 is 1.17. The summed E-state index contributed by atoms with van der Waals surface area (Å²) in [5.74, 6) is -0.0153. The minimum Gasteiger partial charge on any atom is -0.369 e. The lowest BCUT2D eigenvalue weighted by Crippen LogP contribution is -2.49. The molecule has 1 N–H and O–H groups in total. The monoisotopic (exact) mass is 435 g/mol. The van der Waals surface area contributed by atoms with E-state index in [1.165, 1.54) is 26.8 Å². The number of benzene rings is 1. The Labute approximate surface area is 177 Å². The van der Waals surface area contributed by atoms with E-state index in [0.717, 1.165) is 5.69 Å². The van der Waals surface area contributed by atoms with Gasteiger partial charge in [0.25, 0.3) is 5.91 Å². The Bertz CT molecular complexity index is 975. The van der Waals surface area contributed by atoms with Crippen LogP contribution in [-0.2, 0) is 10.0 Å². The number of carbonyl (C=O) groups excluding carboxylic acids is 1. The quantitative estimate of drug-likeness (QED) is 0.756. The number of anilines is 1. The summed E-state index contributed by atoms with van der Waals surface area (Å²) < 4.78 is 27.9. The van der Waals surface area contributed by atoms with Gasteiger partial charge in [-0.2, -0.15) is 4.31 Å². The second-order valence-corrected chi connectivity index (χ2v) is 10.7. The fourth-order valence-corrected chi connectivity index (χ4v) is 6.15. The third-order valence-electron chi connectivity index (χ3n) is 5.07. The molecular weight excluding hydrogens is 406 g/mol. The zero-order valence-corrected chi connectivity index (χ0v) is 19.1. The Balaban J connectivity index is 1.73. The third kappa shape index (κ3) is 4.82. The van der Waals surface area contributed by atoms with Gasteiger partial charge >= 0.3 is 0 Å². The van der Waals surface area contributed by atoms with Gasteiger partial charge in [-0.15, -0.1) is 11.3 Å². The molecule has 2 aromatic rings. The van der Waals surface area contributed by atoms with Crippen LogP contribution in [0.15, 0.2) is 34.5 Å². The van der Waals surface area contributed by atoms with E-state index in [9.17, 15) is 13.2 Å². The van der Waals surface area contributed by atoms with Crippen LogP contribution in [0.25, 0.3) is 0 Å². The van der Waals surface area contributed by atoms with Crippen molar-refractivity contribution in [2.24, 2.45) is 5.92 Å². The number of carbonyl (C=O) groups is 1. The Hall–Kier alpha value is -1.90. The molecule has 1 aliphatic rings. The highest BCUT2D eigenvalue weighted by Crippen LogP contribution is 2.28. The molecule has 3 rings (SSSR count). The smallest absolute Gasteiger partial charge is 0.262 e. The minimum atomic E-state index is -3.70. The number of sulfonamides is 1. The predicted octanol–water partition coefficient (Wildman–Crippen LogP) is 3.26. The minimum absolute atomic E-state index is 0.115. The number of amides is 1. The van der Waals surface area contributed by atoms with E-state index in [4.69, 9.17) is 0 Å². The number of nitrogens with one attached hydrogen (secondary N) is 1. The number of piperazine rings is 1. The molecule has 1 amide bonds. The van der Waals surface area contributed by atoms with E-state index < -0.39 is 10.0 Å². The SMILES string of the molecule is Cc1ccc(C)c(N2CCN(S(=O)(=O)c3ccsc3C(=O)NCC(C)C)CC2)c1. The Morgan fingerprint density at radius 2 is 1.83 bits per heavy atom. The lowest BCUT2D eigenvalue weighted by atomic mass is 10.1. The van der Waals surface area contributed by atoms with Gasteiger partial charge in [0.05, 0.1) is 0 Å². The molecule has 29 heavy (non-hydrogen) atoms. The van der Waals surface area contributed by atoms with Gasteiger partial charge < -0.3 is 10.2 Å². The van der Waals surface area contributed by atoms with Crippen LogP contribution in [0.1, 0.15) is 34.6 Å². The summed E-state index contributed by atoms with van der Waals surface area (Å²) in [5, 5.41) is 4.49. The zero-order valence-electron chi connectivity index (χ0n) is 17.4. The molecule has 158 valence electrons. The van der Waals surface area contributed by atoms with E-state index in [0.29, 0.717) is 38.6 Å². The van der Waals surface area contributed by atoms with Gasteiger partial charge in [0.1, 0.15) is 9.77 Å². The first-order chi connectivity index (χ1) is 13.7. The standard InChI is InChI=1S/C21H29N3O3S2/c1-15(2)14-22-21(25)20-19(7-12-28-20)29(26,27)24-10-8-23(9-11-24)18-13-16(3)5-6-17(18)4/h5-7,12-13,15H,8-11,14H2,1-4H3,(H,22,25). The first kappa shape index (κ1) is 21.8. The number of hydrogen-bond donors (Lipinski definition) is 1. The van der Waals surface area contributed by atoms with Gasteiger partial charge in [-0.1, -0.05) is 26.0 Å². The molecule has 1 saturated heterocycles. The number of rotatable bonds is 6. The maximum absolute atomic E-state index is 13.2. The van der Waals surface area contributed by atoms with Crippen LogP contribution in [0.3, 0.4) is 0 Å². The van der Waals surface area contributed by atoms with Crippen LogP contribution < -0.4 is 10.2 Å². The van der Waals surface area contributed by atoms with Crippen LogP contribution in [0, 0.1) is 19.8 Å². The highest BCUT2D eigenvalue weighted by Gasteiger charge is 2.32. The Kier molecular flexibility index (Phi) is 6.65. The van der Waals surface area contributed by atoms with Crippen LogP contribution in [-0.4, -0.2) is 51.4 Å². The Morgan fingerprint density at radius 1 is 1.14 bits per heavy atom. The summed E-state index contributed by atoms with van der Waals surface area (Å²) in [6.07, 6.45) is 0. The molecule has 0 aliphatic carbocycles. The Morgan fingerprint density at radius 3 is 2.48 bits per heavy atom. The second kappa shape index (κ2) is 8.85. The van der Waals surface area contributed by atoms with Crippen molar-refractivity contribution < 1.29 is 13.2 Å². The molecule has 1 aliphatic heterocycles. The van der Waals surface area contributed by atoms with Crippen LogP contribution in [0.2, 0.25) is 0 Å². The highest BCUT2D eigenvalue weighted by molar-refractivity contribution is 7.89. The normalized spacial score (nSPS) is 15.7. The molecule has 6 nitrogen and oxygen atoms in total. The molecule has 0 bridgehead atoms. The number of thiophene rings is 1. The highest BCUT2D eigenvalue weighted by atomic mass is 32.2. The molecule has 0 spiro atoms. The lowest BCUT2D eigenvalue weighted by molar-refractivity contribution is 0.0950. The molecular formula is C21H29N3O3S2. The van der Waals surface area contributed by atoms with Crippen molar-refractivity contribution in [2.75, 3.05) is 37.6 Å². The van der Waals surface area contributed by atoms with Gasteiger partial charge in [0.2, 0.25) is 10.0 Å². The van der Waals surface area contributed by atoms with E-state index in [2.05, 4.69) is 42.3 Å². The zero-order chi connectivity index (χ0) is 21.2. The molecule has 1 aromatic carbocycles. The number of hydrogen-bond acceptors (Lipinski definition) is 5. The molecule has 0 saturated carbocycles. The van der Waals surface area contributed by atoms with Crippen LogP contribution >= 0.6 is 11.3 Å². The van der Waals surface area contributed by atoms with Crippen molar-refractivity contribution in [3.8, 4) is 0 Å². The van der Waals surface area contributed by atoms with Crippen molar-refractivity contribution in [3.05, 3.63) is 45.6 Å². The maximum Gasteiger partial charge on any atom is 0.262 e. The van der Waals surface area contributed by atoms with Gasteiger partial charge in [-0.05, 0) is 48.4 Å². The maximum atomic E-state index is 13.2. The molecule has 0 atom stereocenters. The van der Waals surface area contributed by atoms with E-state index in [1.807, 2.05) is 13.8 Å². The second-order valence-electron chi connectivity index (χ2n) is 7.90. The summed E-state index contributed by atoms with van der Waals surface area (Å²) in [4.78, 5) is 15.1. The summed E-state index contributed by atoms with van der Waals surface area (Å²) in [6, 6.07) is 7.88. The summed E-state index contributed by atoms with van der Waals surface area (Å²) in [7, 11) is -3.70. The molecule has 2 heterocycles. The largest absolute Gasteiger partial charge is 0.369 e. The number of nitrogens with zero attached hydrogens (tertiary/aromatic N) is 2. The third-order valence-corrected chi connectivity index (χ3v) is 8.05. The fourth-order valence-electron chi connectivity index (χ4n) is 3.41. The average molecular weight is 436 g/mol. The average Bonchev–Trinajstić information content (AvgIpc) is 3.19. The molecule has 1 fully saturated rings. The van der Waals surface area contributed by atoms with Crippen LogP contribution in [0.5, 0.6) is 0 Å². The van der Waals surface area contributed by atoms with Gasteiger partial charge in [0, 0.05) is 38.4 Å². The van der Waals surface area contributed by atoms with Crippen LogP contribution in [0.4, 0.5) is 5.69 Å². The summed E-state index contributed by atoms with van der Waals surface area (Å²) in [5.41, 5.74) is 3.54. The molecule has 1 aromatic heterocycles. The molecule has 8 heteroatoms. The molecule has 0 radical (unpaired) electrons. The first-order valence-corrected chi connectivity index (χ1v) is 12.2. The van der Waals surface area contributed by atoms with Gasteiger partial charge in [-0.3, -0.25) is 4.79 Å². The van der Waals surface area contributed by atoms with Crippen molar-refractivity contribution in [3.63, 3.8) is 0 Å². The van der Waals surface area contributed by atoms with Gasteiger partial charge in [-0.25, -0.2) is 8.42 Å². The summed E-state index contributed by atoms with van der Waals surface area (Å²) in [6.45, 7) is 10.7. The van der Waals surface area contributed by atoms with Crippen molar-refractivity contribution >= 4 is 33.0 Å². The van der Waals surface area contributed by atoms with E-state index in [-0.39, 0.29) is 15.7 Å². The van der Waals surface area contributed by atoms with Crippen molar-refractivity contribution in [2.45, 2.75) is 32.6 Å². The fraction of sp³-hybridized carbons (Fsp3) is 0.476. The van der Waals surface area contributed by atoms with E-state index in [1.54, 1.807) is 11.4 Å². The predicted molar refractivity (Wildman–Crippen MR) is 118 cm³/mol.